The molecule has 5 heteroatoms. The van der Waals surface area contributed by atoms with E-state index in [1.165, 1.54) is 25.0 Å². The van der Waals surface area contributed by atoms with Crippen molar-refractivity contribution in [3.63, 3.8) is 0 Å². The van der Waals surface area contributed by atoms with Crippen molar-refractivity contribution in [1.82, 2.24) is 9.71 Å². The highest BCUT2D eigenvalue weighted by molar-refractivity contribution is 6.42. The van der Waals surface area contributed by atoms with Crippen LogP contribution in [0, 0.1) is 0 Å². The number of allylic oxidation sites excluding steroid dienone is 2. The molecule has 2 saturated heterocycles. The van der Waals surface area contributed by atoms with Gasteiger partial charge in [-0.1, -0.05) is 6.08 Å². The second kappa shape index (κ2) is 5.15. The molecule has 3 aliphatic rings. The summed E-state index contributed by atoms with van der Waals surface area (Å²) < 4.78 is 12.3. The Morgan fingerprint density at radius 3 is 2.43 bits per heavy atom. The molecule has 0 unspecified atom stereocenters. The maximum atomic E-state index is 6.15. The number of hydrogen-bond donors (Lipinski definition) is 0. The third kappa shape index (κ3) is 2.67. The molecule has 0 radical (unpaired) electrons. The Bertz CT molecular complexity index is 457. The zero-order chi connectivity index (χ0) is 15.3. The number of likely N-dealkylation sites (tertiary alicyclic amines) is 1. The summed E-state index contributed by atoms with van der Waals surface area (Å²) >= 11 is 0. The van der Waals surface area contributed by atoms with Crippen molar-refractivity contribution >= 4 is 7.25 Å². The van der Waals surface area contributed by atoms with Gasteiger partial charge in [-0.25, -0.2) is 0 Å². The van der Waals surface area contributed by atoms with Gasteiger partial charge in [0.15, 0.2) is 0 Å². The molecule has 0 N–H and O–H groups in total. The van der Waals surface area contributed by atoms with Gasteiger partial charge in [-0.3, -0.25) is 4.90 Å². The van der Waals surface area contributed by atoms with E-state index in [2.05, 4.69) is 62.8 Å². The monoisotopic (exact) mass is 290 g/mol. The Kier molecular flexibility index (Phi) is 3.71. The Labute approximate surface area is 128 Å². The molecule has 116 valence electrons. The molecule has 0 spiro atoms. The van der Waals surface area contributed by atoms with E-state index in [-0.39, 0.29) is 18.5 Å². The molecule has 0 bridgehead atoms. The van der Waals surface area contributed by atoms with Crippen molar-refractivity contribution in [3.05, 3.63) is 23.9 Å². The lowest BCUT2D eigenvalue weighted by atomic mass is 9.90. The van der Waals surface area contributed by atoms with E-state index in [1.54, 1.807) is 0 Å². The zero-order valence-corrected chi connectivity index (χ0v) is 13.9. The van der Waals surface area contributed by atoms with E-state index in [0.29, 0.717) is 6.04 Å². The van der Waals surface area contributed by atoms with Gasteiger partial charge in [0.2, 0.25) is 0 Å². The first-order chi connectivity index (χ1) is 9.80. The molecule has 4 nitrogen and oxygen atoms in total. The van der Waals surface area contributed by atoms with Crippen molar-refractivity contribution in [1.29, 1.82) is 0 Å². The summed E-state index contributed by atoms with van der Waals surface area (Å²) in [5.41, 5.74) is 0.903. The fourth-order valence-electron chi connectivity index (χ4n) is 3.28. The van der Waals surface area contributed by atoms with Crippen molar-refractivity contribution in [2.24, 2.45) is 0 Å². The SMILES string of the molecule is CN1CCC[C@H]1C1=CC=CN(B2OC(C)(C)C(C)(C)O2)C1. The minimum Gasteiger partial charge on any atom is -0.384 e. The number of likely N-dealkylation sites (N-methyl/N-ethyl adjacent to an activating group) is 1. The Balaban J connectivity index is 1.70. The quantitative estimate of drug-likeness (QED) is 0.729. The van der Waals surface area contributed by atoms with Gasteiger partial charge < -0.3 is 14.1 Å². The molecule has 0 saturated carbocycles. The van der Waals surface area contributed by atoms with Crippen LogP contribution in [0.3, 0.4) is 0 Å². The Hall–Kier alpha value is -0.775. The standard InChI is InChI=1S/C16H27BN2O2/c1-15(2)16(3,4)21-17(20-15)19-11-6-8-13(12-19)14-9-7-10-18(14)5/h6,8,11,14H,7,9-10,12H2,1-5H3/t14-/m0/s1. The fraction of sp³-hybridized carbons (Fsp3) is 0.750. The average Bonchev–Trinajstić information content (AvgIpc) is 2.92. The molecule has 3 aliphatic heterocycles. The van der Waals surface area contributed by atoms with Crippen molar-refractivity contribution in [2.45, 2.75) is 57.8 Å². The van der Waals surface area contributed by atoms with Crippen LogP contribution >= 0.6 is 0 Å². The molecule has 1 atom stereocenters. The highest BCUT2D eigenvalue weighted by atomic mass is 16.7. The van der Waals surface area contributed by atoms with E-state index in [9.17, 15) is 0 Å². The van der Waals surface area contributed by atoms with Crippen LogP contribution in [0.2, 0.25) is 0 Å². The van der Waals surface area contributed by atoms with Gasteiger partial charge in [-0.05, 0) is 72.0 Å². The van der Waals surface area contributed by atoms with Crippen molar-refractivity contribution in [2.75, 3.05) is 20.1 Å². The molecule has 3 rings (SSSR count). The smallest absolute Gasteiger partial charge is 0.384 e. The second-order valence-electron chi connectivity index (χ2n) is 7.46. The minimum atomic E-state index is -0.290. The highest BCUT2D eigenvalue weighted by Gasteiger charge is 2.54. The van der Waals surface area contributed by atoms with Gasteiger partial charge in [-0.2, -0.15) is 0 Å². The average molecular weight is 290 g/mol. The zero-order valence-electron chi connectivity index (χ0n) is 13.9. The Morgan fingerprint density at radius 1 is 1.19 bits per heavy atom. The number of rotatable bonds is 2. The summed E-state index contributed by atoms with van der Waals surface area (Å²) in [7, 11) is 1.93. The van der Waals surface area contributed by atoms with Crippen LogP contribution in [0.4, 0.5) is 0 Å². The van der Waals surface area contributed by atoms with Crippen LogP contribution < -0.4 is 0 Å². The number of nitrogens with zero attached hydrogens (tertiary/aromatic N) is 2. The molecule has 0 aliphatic carbocycles. The lowest BCUT2D eigenvalue weighted by molar-refractivity contribution is 0.00578. The van der Waals surface area contributed by atoms with Gasteiger partial charge in [-0.15, -0.1) is 0 Å². The topological polar surface area (TPSA) is 24.9 Å². The first kappa shape index (κ1) is 15.1. The van der Waals surface area contributed by atoms with Crippen LogP contribution in [0.25, 0.3) is 0 Å². The fourth-order valence-corrected chi connectivity index (χ4v) is 3.28. The van der Waals surface area contributed by atoms with Gasteiger partial charge in [0.25, 0.3) is 0 Å². The second-order valence-corrected chi connectivity index (χ2v) is 7.46. The molecule has 0 aromatic heterocycles. The molecule has 2 fully saturated rings. The Morgan fingerprint density at radius 2 is 1.86 bits per heavy atom. The molecular formula is C16H27BN2O2. The minimum absolute atomic E-state index is 0.281. The van der Waals surface area contributed by atoms with Crippen LogP contribution in [0.5, 0.6) is 0 Å². The van der Waals surface area contributed by atoms with E-state index >= 15 is 0 Å². The maximum absolute atomic E-state index is 6.15. The van der Waals surface area contributed by atoms with E-state index in [1.807, 2.05) is 0 Å². The van der Waals surface area contributed by atoms with Crippen molar-refractivity contribution in [3.8, 4) is 0 Å². The molecular weight excluding hydrogens is 263 g/mol. The predicted octanol–water partition coefficient (Wildman–Crippen LogP) is 2.43. The third-order valence-corrected chi connectivity index (χ3v) is 5.41. The van der Waals surface area contributed by atoms with Crippen LogP contribution in [0.15, 0.2) is 23.9 Å². The van der Waals surface area contributed by atoms with Crippen molar-refractivity contribution < 1.29 is 9.31 Å². The molecule has 21 heavy (non-hydrogen) atoms. The molecule has 0 aromatic carbocycles. The molecule has 0 aromatic rings. The summed E-state index contributed by atoms with van der Waals surface area (Å²) in [5.74, 6) is 0. The van der Waals surface area contributed by atoms with Crippen LogP contribution in [0.1, 0.15) is 40.5 Å². The summed E-state index contributed by atoms with van der Waals surface area (Å²) in [6.45, 7) is 10.5. The third-order valence-electron chi connectivity index (χ3n) is 5.41. The first-order valence-corrected chi connectivity index (χ1v) is 7.99. The van der Waals surface area contributed by atoms with E-state index < -0.39 is 0 Å². The van der Waals surface area contributed by atoms with Gasteiger partial charge in [0.1, 0.15) is 0 Å². The first-order valence-electron chi connectivity index (χ1n) is 7.99. The normalized spacial score (nSPS) is 31.9. The summed E-state index contributed by atoms with van der Waals surface area (Å²) in [4.78, 5) is 4.63. The van der Waals surface area contributed by atoms with E-state index in [0.717, 1.165) is 6.54 Å². The van der Waals surface area contributed by atoms with Gasteiger partial charge >= 0.3 is 7.25 Å². The lowest BCUT2D eigenvalue weighted by Gasteiger charge is -2.32. The predicted molar refractivity (Wildman–Crippen MR) is 85.7 cm³/mol. The van der Waals surface area contributed by atoms with Crippen LogP contribution in [-0.2, 0) is 9.31 Å². The summed E-state index contributed by atoms with van der Waals surface area (Å²) in [6.07, 6.45) is 9.01. The van der Waals surface area contributed by atoms with Gasteiger partial charge in [0, 0.05) is 12.6 Å². The van der Waals surface area contributed by atoms with Gasteiger partial charge in [0.05, 0.1) is 11.2 Å². The number of hydrogen-bond acceptors (Lipinski definition) is 4. The molecule has 0 amide bonds. The molecule has 3 heterocycles. The largest absolute Gasteiger partial charge is 0.594 e. The van der Waals surface area contributed by atoms with Crippen LogP contribution in [-0.4, -0.2) is 54.3 Å². The lowest BCUT2D eigenvalue weighted by Crippen LogP contribution is -2.43. The van der Waals surface area contributed by atoms with E-state index in [4.69, 9.17) is 9.31 Å². The summed E-state index contributed by atoms with van der Waals surface area (Å²) in [6, 6.07) is 0.569. The maximum Gasteiger partial charge on any atom is 0.594 e. The summed E-state index contributed by atoms with van der Waals surface area (Å²) in [5, 5.41) is 0. The highest BCUT2D eigenvalue weighted by Crippen LogP contribution is 2.38.